The molecule has 0 amide bonds. The molecule has 0 aromatic heterocycles. The number of benzene rings is 12. The summed E-state index contributed by atoms with van der Waals surface area (Å²) >= 11 is 0. The average Bonchev–Trinajstić information content (AvgIpc) is 3.96. The summed E-state index contributed by atoms with van der Waals surface area (Å²) in [6.07, 6.45) is 0. The normalized spacial score (nSPS) is 14.3. The minimum Gasteiger partial charge on any atom is -0.0619 e. The lowest BCUT2D eigenvalue weighted by molar-refractivity contribution is 0.660. The van der Waals surface area contributed by atoms with Gasteiger partial charge in [0, 0.05) is 5.41 Å². The minimum absolute atomic E-state index is 0.0790. The number of hydrogen-bond acceptors (Lipinski definition) is 0. The number of fused-ring (bicyclic) bond motifs is 19. The Morgan fingerprint density at radius 1 is 0.235 bits per heavy atom. The van der Waals surface area contributed by atoms with Crippen LogP contribution < -0.4 is 0 Å². The molecule has 3 aliphatic rings. The molecule has 0 heteroatoms. The zero-order valence-electron chi connectivity index (χ0n) is 37.9. The van der Waals surface area contributed by atoms with Crippen LogP contribution in [-0.2, 0) is 10.8 Å². The van der Waals surface area contributed by atoms with E-state index in [9.17, 15) is 0 Å². The van der Waals surface area contributed by atoms with E-state index in [1.54, 1.807) is 0 Å². The molecule has 0 saturated carbocycles. The third kappa shape index (κ3) is 4.79. The van der Waals surface area contributed by atoms with E-state index in [4.69, 9.17) is 0 Å². The van der Waals surface area contributed by atoms with Gasteiger partial charge in [-0.15, -0.1) is 0 Å². The smallest absolute Gasteiger partial charge is 0.0619 e. The highest BCUT2D eigenvalue weighted by Gasteiger charge is 2.52. The minimum atomic E-state index is -0.460. The van der Waals surface area contributed by atoms with Crippen molar-refractivity contribution in [3.05, 3.63) is 264 Å². The fourth-order valence-electron chi connectivity index (χ4n) is 13.4. The molecular weight excluding hydrogens is 817 g/mol. The lowest BCUT2D eigenvalue weighted by Gasteiger charge is -2.31. The van der Waals surface area contributed by atoms with Gasteiger partial charge in [-0.2, -0.15) is 0 Å². The van der Waals surface area contributed by atoms with Crippen molar-refractivity contribution >= 4 is 43.1 Å². The van der Waals surface area contributed by atoms with Gasteiger partial charge in [-0.3, -0.25) is 0 Å². The third-order valence-corrected chi connectivity index (χ3v) is 16.3. The summed E-state index contributed by atoms with van der Waals surface area (Å²) in [5.74, 6) is 0. The van der Waals surface area contributed by atoms with Crippen LogP contribution in [0, 0.1) is 0 Å². The fraction of sp³-hybridized carbons (Fsp3) is 0.0588. The van der Waals surface area contributed by atoms with Gasteiger partial charge in [-0.25, -0.2) is 0 Å². The summed E-state index contributed by atoms with van der Waals surface area (Å²) in [5.41, 5.74) is 23.3. The van der Waals surface area contributed by atoms with Crippen LogP contribution in [0.1, 0.15) is 47.2 Å². The first kappa shape index (κ1) is 37.9. The van der Waals surface area contributed by atoms with Crippen LogP contribution in [0.4, 0.5) is 0 Å². The molecular formula is C68H44. The Labute approximate surface area is 396 Å². The predicted octanol–water partition coefficient (Wildman–Crippen LogP) is 18.0. The molecule has 0 nitrogen and oxygen atoms in total. The molecule has 1 spiro atoms. The maximum absolute atomic E-state index is 2.57. The standard InChI is InChI=1S/C68H44/c1-67(2)57-28-14-11-20-47(57)50-37-35-44(39-61(50)67)64-54-26-9-7-24-52(54)63(53-25-8-10-27-55(53)64)43-33-31-42(32-34-43)56-40-62-66(51-23-6-5-19-46(51)56)65-45-18-4-3-17-41(45)36-38-60(65)68(62)58-29-15-12-21-48(58)49-22-13-16-30-59(49)68/h3-40H,1-2H3. The maximum Gasteiger partial charge on any atom is 0.0726 e. The monoisotopic (exact) mass is 860 g/mol. The molecule has 0 atom stereocenters. The number of rotatable bonds is 3. The quantitative estimate of drug-likeness (QED) is 0.155. The highest BCUT2D eigenvalue weighted by molar-refractivity contribution is 6.22. The first-order valence-corrected chi connectivity index (χ1v) is 24.1. The van der Waals surface area contributed by atoms with E-state index in [0.717, 1.165) is 0 Å². The Morgan fingerprint density at radius 3 is 1.28 bits per heavy atom. The van der Waals surface area contributed by atoms with Crippen LogP contribution in [0.25, 0.3) is 110 Å². The van der Waals surface area contributed by atoms with Gasteiger partial charge >= 0.3 is 0 Å². The summed E-state index contributed by atoms with van der Waals surface area (Å²) in [6, 6.07) is 87.5. The van der Waals surface area contributed by atoms with Gasteiger partial charge in [-0.1, -0.05) is 232 Å². The van der Waals surface area contributed by atoms with Crippen molar-refractivity contribution in [2.45, 2.75) is 24.7 Å². The van der Waals surface area contributed by atoms with Gasteiger partial charge in [0.15, 0.2) is 0 Å². The molecule has 68 heavy (non-hydrogen) atoms. The summed E-state index contributed by atoms with van der Waals surface area (Å²) in [7, 11) is 0. The molecule has 15 rings (SSSR count). The van der Waals surface area contributed by atoms with E-state index >= 15 is 0 Å². The highest BCUT2D eigenvalue weighted by atomic mass is 14.5. The van der Waals surface area contributed by atoms with Crippen LogP contribution in [0.3, 0.4) is 0 Å². The maximum atomic E-state index is 2.57. The lowest BCUT2D eigenvalue weighted by Crippen LogP contribution is -2.26. The van der Waals surface area contributed by atoms with Crippen LogP contribution in [0.15, 0.2) is 231 Å². The van der Waals surface area contributed by atoms with Gasteiger partial charge in [0.05, 0.1) is 5.41 Å². The zero-order valence-corrected chi connectivity index (χ0v) is 37.9. The van der Waals surface area contributed by atoms with E-state index in [0.29, 0.717) is 0 Å². The molecule has 0 saturated heterocycles. The Hall–Kier alpha value is -8.32. The SMILES string of the molecule is CC1(C)c2ccccc2-c2ccc(-c3c4ccccc4c(-c4ccc(-c5cc6c(c7ccccc57)-c5c(ccc7ccccc57)C65c6ccccc6-c6ccccc65)cc4)c4ccccc34)cc21. The van der Waals surface area contributed by atoms with Gasteiger partial charge in [0.1, 0.15) is 0 Å². The summed E-state index contributed by atoms with van der Waals surface area (Å²) in [5, 5.41) is 10.2. The lowest BCUT2D eigenvalue weighted by atomic mass is 9.70. The predicted molar refractivity (Wildman–Crippen MR) is 287 cm³/mol. The second-order valence-corrected chi connectivity index (χ2v) is 19.8. The molecule has 0 bridgehead atoms. The molecule has 0 heterocycles. The summed E-state index contributed by atoms with van der Waals surface area (Å²) in [6.45, 7) is 4.75. The molecule has 0 fully saturated rings. The molecule has 0 N–H and O–H groups in total. The topological polar surface area (TPSA) is 0 Å². The van der Waals surface area contributed by atoms with E-state index in [1.807, 2.05) is 0 Å². The van der Waals surface area contributed by atoms with E-state index in [2.05, 4.69) is 244 Å². The van der Waals surface area contributed by atoms with Gasteiger partial charge in [0.2, 0.25) is 0 Å². The second kappa shape index (κ2) is 13.6. The van der Waals surface area contributed by atoms with Crippen molar-refractivity contribution in [2.24, 2.45) is 0 Å². The second-order valence-electron chi connectivity index (χ2n) is 19.8. The van der Waals surface area contributed by atoms with Gasteiger partial charge < -0.3 is 0 Å². The Bertz CT molecular complexity index is 4060. The van der Waals surface area contributed by atoms with Crippen LogP contribution in [-0.4, -0.2) is 0 Å². The molecule has 12 aromatic rings. The van der Waals surface area contributed by atoms with Crippen molar-refractivity contribution < 1.29 is 0 Å². The van der Waals surface area contributed by atoms with Crippen molar-refractivity contribution in [1.82, 2.24) is 0 Å². The Kier molecular flexibility index (Phi) is 7.59. The third-order valence-electron chi connectivity index (χ3n) is 16.3. The zero-order chi connectivity index (χ0) is 44.9. The molecule has 0 unspecified atom stereocenters. The summed E-state index contributed by atoms with van der Waals surface area (Å²) in [4.78, 5) is 0. The Morgan fingerprint density at radius 2 is 0.662 bits per heavy atom. The van der Waals surface area contributed by atoms with Crippen molar-refractivity contribution in [3.63, 3.8) is 0 Å². The first-order valence-electron chi connectivity index (χ1n) is 24.1. The first-order chi connectivity index (χ1) is 33.5. The molecule has 316 valence electrons. The molecule has 3 aliphatic carbocycles. The van der Waals surface area contributed by atoms with Crippen LogP contribution in [0.5, 0.6) is 0 Å². The molecule has 0 aliphatic heterocycles. The van der Waals surface area contributed by atoms with E-state index in [-0.39, 0.29) is 5.41 Å². The molecule has 12 aromatic carbocycles. The number of hydrogen-bond donors (Lipinski definition) is 0. The van der Waals surface area contributed by atoms with Gasteiger partial charge in [0.25, 0.3) is 0 Å². The van der Waals surface area contributed by atoms with Gasteiger partial charge in [-0.05, 0) is 155 Å². The largest absolute Gasteiger partial charge is 0.0726 e. The fourth-order valence-corrected chi connectivity index (χ4v) is 13.4. The van der Waals surface area contributed by atoms with E-state index in [1.165, 1.54) is 143 Å². The van der Waals surface area contributed by atoms with Crippen molar-refractivity contribution in [3.8, 4) is 66.8 Å². The molecule has 0 radical (unpaired) electrons. The average molecular weight is 861 g/mol. The van der Waals surface area contributed by atoms with Crippen LogP contribution >= 0.6 is 0 Å². The van der Waals surface area contributed by atoms with Crippen molar-refractivity contribution in [2.75, 3.05) is 0 Å². The highest BCUT2D eigenvalue weighted by Crippen LogP contribution is 2.65. The Balaban J connectivity index is 0.942. The summed E-state index contributed by atoms with van der Waals surface area (Å²) < 4.78 is 0. The van der Waals surface area contributed by atoms with Crippen molar-refractivity contribution in [1.29, 1.82) is 0 Å². The van der Waals surface area contributed by atoms with E-state index < -0.39 is 5.41 Å². The van der Waals surface area contributed by atoms with Crippen LogP contribution in [0.2, 0.25) is 0 Å².